The quantitative estimate of drug-likeness (QED) is 0.926. The number of anilines is 1. The van der Waals surface area contributed by atoms with E-state index in [4.69, 9.17) is 4.74 Å². The van der Waals surface area contributed by atoms with E-state index in [9.17, 15) is 0 Å². The molecule has 1 aliphatic heterocycles. The third-order valence-electron chi connectivity index (χ3n) is 3.53. The van der Waals surface area contributed by atoms with Crippen LogP contribution in [0.15, 0.2) is 29.6 Å². The van der Waals surface area contributed by atoms with Gasteiger partial charge in [0.1, 0.15) is 0 Å². The normalized spacial score (nSPS) is 22.6. The SMILES string of the molecule is Cc1nc(-c2ccc(NC3CCOC3C)cc2)cs1. The van der Waals surface area contributed by atoms with Gasteiger partial charge in [-0.05, 0) is 32.4 Å². The third-order valence-corrected chi connectivity index (χ3v) is 4.30. The van der Waals surface area contributed by atoms with Gasteiger partial charge >= 0.3 is 0 Å². The molecule has 0 bridgehead atoms. The molecule has 3 rings (SSSR count). The molecule has 19 heavy (non-hydrogen) atoms. The summed E-state index contributed by atoms with van der Waals surface area (Å²) in [6, 6.07) is 8.91. The van der Waals surface area contributed by atoms with Crippen LogP contribution in [0.2, 0.25) is 0 Å². The van der Waals surface area contributed by atoms with E-state index in [1.165, 1.54) is 5.56 Å². The highest BCUT2D eigenvalue weighted by atomic mass is 32.1. The number of ether oxygens (including phenoxy) is 1. The number of aryl methyl sites for hydroxylation is 1. The highest BCUT2D eigenvalue weighted by Gasteiger charge is 2.23. The summed E-state index contributed by atoms with van der Waals surface area (Å²) in [7, 11) is 0. The fraction of sp³-hybridized carbons (Fsp3) is 0.400. The van der Waals surface area contributed by atoms with Crippen molar-refractivity contribution < 1.29 is 4.74 Å². The lowest BCUT2D eigenvalue weighted by molar-refractivity contribution is 0.121. The molecule has 0 spiro atoms. The van der Waals surface area contributed by atoms with E-state index in [1.54, 1.807) is 11.3 Å². The van der Waals surface area contributed by atoms with Gasteiger partial charge in [-0.3, -0.25) is 0 Å². The summed E-state index contributed by atoms with van der Waals surface area (Å²) >= 11 is 1.69. The highest BCUT2D eigenvalue weighted by Crippen LogP contribution is 2.24. The van der Waals surface area contributed by atoms with Crippen molar-refractivity contribution in [1.82, 2.24) is 4.98 Å². The average Bonchev–Trinajstić information content (AvgIpc) is 3.00. The maximum atomic E-state index is 5.56. The fourth-order valence-corrected chi connectivity index (χ4v) is 2.99. The maximum Gasteiger partial charge on any atom is 0.0901 e. The summed E-state index contributed by atoms with van der Waals surface area (Å²) < 4.78 is 5.56. The second-order valence-electron chi connectivity index (χ2n) is 4.94. The molecule has 0 radical (unpaired) electrons. The second-order valence-corrected chi connectivity index (χ2v) is 6.01. The van der Waals surface area contributed by atoms with Gasteiger partial charge in [-0.15, -0.1) is 11.3 Å². The molecule has 1 aromatic heterocycles. The Balaban J connectivity index is 1.72. The lowest BCUT2D eigenvalue weighted by Crippen LogP contribution is -2.26. The molecule has 2 heterocycles. The number of rotatable bonds is 3. The van der Waals surface area contributed by atoms with Crippen molar-refractivity contribution in [3.63, 3.8) is 0 Å². The summed E-state index contributed by atoms with van der Waals surface area (Å²) in [4.78, 5) is 4.50. The van der Waals surface area contributed by atoms with Crippen LogP contribution in [0, 0.1) is 6.92 Å². The number of aromatic nitrogens is 1. The Hall–Kier alpha value is -1.39. The van der Waals surface area contributed by atoms with E-state index in [-0.39, 0.29) is 0 Å². The molecule has 2 atom stereocenters. The molecule has 1 N–H and O–H groups in total. The van der Waals surface area contributed by atoms with Gasteiger partial charge in [0.2, 0.25) is 0 Å². The minimum absolute atomic E-state index is 0.292. The van der Waals surface area contributed by atoms with E-state index in [0.717, 1.165) is 29.4 Å². The lowest BCUT2D eigenvalue weighted by atomic mass is 10.1. The molecular weight excluding hydrogens is 256 g/mol. The Morgan fingerprint density at radius 1 is 1.32 bits per heavy atom. The molecule has 2 unspecified atom stereocenters. The maximum absolute atomic E-state index is 5.56. The van der Waals surface area contributed by atoms with Crippen molar-refractivity contribution in [3.05, 3.63) is 34.7 Å². The van der Waals surface area contributed by atoms with Crippen LogP contribution >= 0.6 is 11.3 Å². The molecule has 2 aromatic rings. The summed E-state index contributed by atoms with van der Waals surface area (Å²) in [5, 5.41) is 6.74. The van der Waals surface area contributed by atoms with Gasteiger partial charge in [-0.25, -0.2) is 4.98 Å². The first kappa shape index (κ1) is 12.6. The summed E-state index contributed by atoms with van der Waals surface area (Å²) in [5.41, 5.74) is 3.38. The third kappa shape index (κ3) is 2.80. The van der Waals surface area contributed by atoms with Crippen LogP contribution < -0.4 is 5.32 Å². The zero-order valence-electron chi connectivity index (χ0n) is 11.2. The van der Waals surface area contributed by atoms with Crippen molar-refractivity contribution in [3.8, 4) is 11.3 Å². The molecule has 1 saturated heterocycles. The van der Waals surface area contributed by atoms with Crippen molar-refractivity contribution in [2.24, 2.45) is 0 Å². The Kier molecular flexibility index (Phi) is 3.53. The Labute approximate surface area is 117 Å². The van der Waals surface area contributed by atoms with Gasteiger partial charge in [-0.2, -0.15) is 0 Å². The molecule has 1 aromatic carbocycles. The van der Waals surface area contributed by atoms with E-state index in [1.807, 2.05) is 6.92 Å². The minimum Gasteiger partial charge on any atom is -0.380 e. The van der Waals surface area contributed by atoms with Gasteiger partial charge in [0, 0.05) is 23.2 Å². The number of nitrogens with zero attached hydrogens (tertiary/aromatic N) is 1. The molecule has 100 valence electrons. The van der Waals surface area contributed by atoms with Crippen LogP contribution in [0.3, 0.4) is 0 Å². The van der Waals surface area contributed by atoms with Crippen LogP contribution in [-0.4, -0.2) is 23.7 Å². The van der Waals surface area contributed by atoms with Crippen LogP contribution in [0.4, 0.5) is 5.69 Å². The second kappa shape index (κ2) is 5.31. The molecule has 1 aliphatic rings. The number of nitrogens with one attached hydrogen (secondary N) is 1. The van der Waals surface area contributed by atoms with Crippen LogP contribution in [0.25, 0.3) is 11.3 Å². The van der Waals surface area contributed by atoms with Gasteiger partial charge in [0.15, 0.2) is 0 Å². The predicted molar refractivity (Wildman–Crippen MR) is 79.7 cm³/mol. The number of hydrogen-bond acceptors (Lipinski definition) is 4. The molecular formula is C15H18N2OS. The Bertz CT molecular complexity index is 550. The number of thiazole rings is 1. The predicted octanol–water partition coefficient (Wildman–Crippen LogP) is 3.71. The minimum atomic E-state index is 0.292. The summed E-state index contributed by atoms with van der Waals surface area (Å²) in [5.74, 6) is 0. The molecule has 0 amide bonds. The van der Waals surface area contributed by atoms with Crippen molar-refractivity contribution in [1.29, 1.82) is 0 Å². The van der Waals surface area contributed by atoms with Crippen molar-refractivity contribution >= 4 is 17.0 Å². The van der Waals surface area contributed by atoms with Crippen LogP contribution in [0.1, 0.15) is 18.4 Å². The Morgan fingerprint density at radius 3 is 2.68 bits per heavy atom. The standard InChI is InChI=1S/C15H18N2OS/c1-10-14(7-8-18-10)17-13-5-3-12(4-6-13)15-9-19-11(2)16-15/h3-6,9-10,14,17H,7-8H2,1-2H3. The largest absolute Gasteiger partial charge is 0.380 e. The first-order valence-corrected chi connectivity index (χ1v) is 7.51. The Morgan fingerprint density at radius 2 is 2.11 bits per heavy atom. The number of benzene rings is 1. The summed E-state index contributed by atoms with van der Waals surface area (Å²) in [6.45, 7) is 5.01. The van der Waals surface area contributed by atoms with Crippen molar-refractivity contribution in [2.75, 3.05) is 11.9 Å². The van der Waals surface area contributed by atoms with Gasteiger partial charge < -0.3 is 10.1 Å². The molecule has 3 nitrogen and oxygen atoms in total. The van der Waals surface area contributed by atoms with Crippen LogP contribution in [-0.2, 0) is 4.74 Å². The van der Waals surface area contributed by atoms with Crippen LogP contribution in [0.5, 0.6) is 0 Å². The average molecular weight is 274 g/mol. The van der Waals surface area contributed by atoms with Gasteiger partial charge in [-0.1, -0.05) is 12.1 Å². The molecule has 0 aliphatic carbocycles. The first-order valence-electron chi connectivity index (χ1n) is 6.63. The van der Waals surface area contributed by atoms with Gasteiger partial charge in [0.05, 0.1) is 22.8 Å². The number of hydrogen-bond donors (Lipinski definition) is 1. The van der Waals surface area contributed by atoms with E-state index in [2.05, 4.69) is 46.9 Å². The zero-order chi connectivity index (χ0) is 13.2. The van der Waals surface area contributed by atoms with E-state index in [0.29, 0.717) is 12.1 Å². The zero-order valence-corrected chi connectivity index (χ0v) is 12.0. The monoisotopic (exact) mass is 274 g/mol. The molecule has 1 fully saturated rings. The summed E-state index contributed by atoms with van der Waals surface area (Å²) in [6.07, 6.45) is 1.37. The lowest BCUT2D eigenvalue weighted by Gasteiger charge is -2.17. The molecule has 4 heteroatoms. The topological polar surface area (TPSA) is 34.2 Å². The fourth-order valence-electron chi connectivity index (χ4n) is 2.37. The van der Waals surface area contributed by atoms with E-state index >= 15 is 0 Å². The van der Waals surface area contributed by atoms with Gasteiger partial charge in [0.25, 0.3) is 0 Å². The molecule has 0 saturated carbocycles. The first-order chi connectivity index (χ1) is 9.22. The highest BCUT2D eigenvalue weighted by molar-refractivity contribution is 7.09. The smallest absolute Gasteiger partial charge is 0.0901 e. The van der Waals surface area contributed by atoms with E-state index < -0.39 is 0 Å². The van der Waals surface area contributed by atoms with Crippen molar-refractivity contribution in [2.45, 2.75) is 32.4 Å².